The van der Waals surface area contributed by atoms with Gasteiger partial charge >= 0.3 is 0 Å². The molecule has 1 aromatic rings. The smallest absolute Gasteiger partial charge is 0.109 e. The molecule has 14 heavy (non-hydrogen) atoms. The molecule has 0 saturated heterocycles. The lowest BCUT2D eigenvalue weighted by atomic mass is 10.2. The molecular weight excluding hydrogens is 198 g/mol. The van der Waals surface area contributed by atoms with Gasteiger partial charge in [0.15, 0.2) is 0 Å². The summed E-state index contributed by atoms with van der Waals surface area (Å²) >= 11 is 0. The van der Waals surface area contributed by atoms with Gasteiger partial charge in [0, 0.05) is 5.56 Å². The highest BCUT2D eigenvalue weighted by molar-refractivity contribution is 5.12. The highest BCUT2D eigenvalue weighted by Gasteiger charge is 2.06. The van der Waals surface area contributed by atoms with E-state index >= 15 is 0 Å². The zero-order valence-corrected chi connectivity index (χ0v) is 9.24. The van der Waals surface area contributed by atoms with Crippen molar-refractivity contribution >= 4 is 0 Å². The zero-order valence-electron chi connectivity index (χ0n) is 8.49. The van der Waals surface area contributed by atoms with E-state index in [-0.39, 0.29) is 19.0 Å². The van der Waals surface area contributed by atoms with Crippen molar-refractivity contribution in [3.63, 3.8) is 0 Å². The molecule has 0 unspecified atom stereocenters. The van der Waals surface area contributed by atoms with E-state index in [4.69, 9.17) is 5.11 Å². The van der Waals surface area contributed by atoms with Gasteiger partial charge in [-0.3, -0.25) is 0 Å². The number of quaternary nitrogens is 1. The Kier molecular flexibility index (Phi) is 7.48. The van der Waals surface area contributed by atoms with Crippen molar-refractivity contribution in [2.75, 3.05) is 6.61 Å². The lowest BCUT2D eigenvalue weighted by molar-refractivity contribution is -0.706. The molecule has 0 bridgehead atoms. The quantitative estimate of drug-likeness (QED) is 0.561. The molecule has 80 valence electrons. The second-order valence-electron chi connectivity index (χ2n) is 3.28. The largest absolute Gasteiger partial charge is 1.00 e. The molecule has 0 spiro atoms. The van der Waals surface area contributed by atoms with Crippen LogP contribution < -0.4 is 17.7 Å². The summed E-state index contributed by atoms with van der Waals surface area (Å²) in [7, 11) is 0. The molecule has 0 heterocycles. The number of nitrogens with two attached hydrogens (primary N) is 1. The molecular formula is C11H18ClNO. The van der Waals surface area contributed by atoms with Gasteiger partial charge in [-0.15, -0.1) is 0 Å². The van der Waals surface area contributed by atoms with Crippen LogP contribution in [0.3, 0.4) is 0 Å². The Balaban J connectivity index is 0.00000169. The Labute approximate surface area is 91.8 Å². The van der Waals surface area contributed by atoms with E-state index in [0.717, 1.165) is 13.0 Å². The Hall–Kier alpha value is -0.570. The van der Waals surface area contributed by atoms with Gasteiger partial charge in [-0.05, 0) is 6.42 Å². The number of halogens is 1. The van der Waals surface area contributed by atoms with E-state index in [1.54, 1.807) is 0 Å². The minimum atomic E-state index is 0. The van der Waals surface area contributed by atoms with Crippen LogP contribution in [-0.2, 0) is 6.54 Å². The van der Waals surface area contributed by atoms with Crippen molar-refractivity contribution in [2.45, 2.75) is 25.9 Å². The SMILES string of the molecule is CC[C@H](CO)[NH2+]Cc1ccccc1.[Cl-]. The molecule has 0 saturated carbocycles. The molecule has 0 aromatic heterocycles. The lowest BCUT2D eigenvalue weighted by Crippen LogP contribution is -3.00. The molecule has 0 fully saturated rings. The van der Waals surface area contributed by atoms with Crippen molar-refractivity contribution in [1.82, 2.24) is 0 Å². The molecule has 0 radical (unpaired) electrons. The fourth-order valence-electron chi connectivity index (χ4n) is 1.29. The number of hydrogen-bond donors (Lipinski definition) is 2. The molecule has 1 atom stereocenters. The molecule has 0 aliphatic rings. The highest BCUT2D eigenvalue weighted by Crippen LogP contribution is 1.95. The molecule has 3 heteroatoms. The fraction of sp³-hybridized carbons (Fsp3) is 0.455. The first-order valence-corrected chi connectivity index (χ1v) is 4.85. The van der Waals surface area contributed by atoms with Gasteiger partial charge in [0.2, 0.25) is 0 Å². The molecule has 0 aliphatic heterocycles. The van der Waals surface area contributed by atoms with Crippen LogP contribution in [0, 0.1) is 0 Å². The number of benzene rings is 1. The topological polar surface area (TPSA) is 36.8 Å². The Morgan fingerprint density at radius 3 is 2.43 bits per heavy atom. The van der Waals surface area contributed by atoms with Crippen LogP contribution in [0.15, 0.2) is 30.3 Å². The van der Waals surface area contributed by atoms with Gasteiger partial charge in [0.1, 0.15) is 12.6 Å². The first-order chi connectivity index (χ1) is 6.36. The average molecular weight is 216 g/mol. The highest BCUT2D eigenvalue weighted by atomic mass is 35.5. The minimum Gasteiger partial charge on any atom is -1.00 e. The first-order valence-electron chi connectivity index (χ1n) is 4.85. The van der Waals surface area contributed by atoms with E-state index in [2.05, 4.69) is 24.4 Å². The van der Waals surface area contributed by atoms with Gasteiger partial charge in [0.25, 0.3) is 0 Å². The van der Waals surface area contributed by atoms with E-state index in [1.165, 1.54) is 5.56 Å². The first kappa shape index (κ1) is 13.4. The number of rotatable bonds is 5. The maximum atomic E-state index is 8.97. The van der Waals surface area contributed by atoms with Crippen molar-refractivity contribution < 1.29 is 22.8 Å². The van der Waals surface area contributed by atoms with Crippen molar-refractivity contribution in [1.29, 1.82) is 0 Å². The van der Waals surface area contributed by atoms with Crippen molar-refractivity contribution in [2.24, 2.45) is 0 Å². The summed E-state index contributed by atoms with van der Waals surface area (Å²) in [5.74, 6) is 0. The van der Waals surface area contributed by atoms with Gasteiger partial charge in [-0.1, -0.05) is 37.3 Å². The third-order valence-corrected chi connectivity index (χ3v) is 2.29. The summed E-state index contributed by atoms with van der Waals surface area (Å²) < 4.78 is 0. The summed E-state index contributed by atoms with van der Waals surface area (Å²) in [5, 5.41) is 11.2. The summed E-state index contributed by atoms with van der Waals surface area (Å²) in [6.45, 7) is 3.33. The van der Waals surface area contributed by atoms with Crippen LogP contribution in [-0.4, -0.2) is 17.8 Å². The Morgan fingerprint density at radius 1 is 1.29 bits per heavy atom. The third kappa shape index (κ3) is 4.61. The average Bonchev–Trinajstić information content (AvgIpc) is 2.21. The van der Waals surface area contributed by atoms with Gasteiger partial charge in [-0.25, -0.2) is 0 Å². The number of aliphatic hydroxyl groups excluding tert-OH is 1. The predicted molar refractivity (Wildman–Crippen MR) is 53.2 cm³/mol. The number of aliphatic hydroxyl groups is 1. The predicted octanol–water partition coefficient (Wildman–Crippen LogP) is -2.48. The maximum Gasteiger partial charge on any atom is 0.109 e. The van der Waals surface area contributed by atoms with Crippen molar-refractivity contribution in [3.8, 4) is 0 Å². The molecule has 0 amide bonds. The summed E-state index contributed by atoms with van der Waals surface area (Å²) in [6, 6.07) is 10.7. The lowest BCUT2D eigenvalue weighted by Gasteiger charge is -2.10. The summed E-state index contributed by atoms with van der Waals surface area (Å²) in [5.41, 5.74) is 1.31. The molecule has 3 N–H and O–H groups in total. The van der Waals surface area contributed by atoms with Crippen LogP contribution in [0.1, 0.15) is 18.9 Å². The van der Waals surface area contributed by atoms with E-state index < -0.39 is 0 Å². The Morgan fingerprint density at radius 2 is 1.93 bits per heavy atom. The summed E-state index contributed by atoms with van der Waals surface area (Å²) in [4.78, 5) is 0. The minimum absolute atomic E-state index is 0. The molecule has 1 rings (SSSR count). The van der Waals surface area contributed by atoms with Crippen LogP contribution >= 0.6 is 0 Å². The van der Waals surface area contributed by atoms with Crippen LogP contribution in [0.5, 0.6) is 0 Å². The van der Waals surface area contributed by atoms with Gasteiger partial charge < -0.3 is 22.8 Å². The fourth-order valence-corrected chi connectivity index (χ4v) is 1.29. The van der Waals surface area contributed by atoms with Gasteiger partial charge in [0.05, 0.1) is 6.61 Å². The summed E-state index contributed by atoms with van der Waals surface area (Å²) in [6.07, 6.45) is 1.02. The second-order valence-corrected chi connectivity index (χ2v) is 3.28. The Bertz CT molecular complexity index is 224. The van der Waals surface area contributed by atoms with Crippen LogP contribution in [0.2, 0.25) is 0 Å². The van der Waals surface area contributed by atoms with Crippen LogP contribution in [0.4, 0.5) is 0 Å². The molecule has 2 nitrogen and oxygen atoms in total. The zero-order chi connectivity index (χ0) is 9.52. The van der Waals surface area contributed by atoms with E-state index in [1.807, 2.05) is 18.2 Å². The van der Waals surface area contributed by atoms with E-state index in [9.17, 15) is 0 Å². The third-order valence-electron chi connectivity index (χ3n) is 2.29. The normalized spacial score (nSPS) is 11.9. The second kappa shape index (κ2) is 7.80. The standard InChI is InChI=1S/C11H17NO.ClH/c1-2-11(9-13)12-8-10-6-4-3-5-7-10;/h3-7,11-13H,2,8-9H2,1H3;1H/t11-;/m1./s1. The monoisotopic (exact) mass is 215 g/mol. The van der Waals surface area contributed by atoms with Crippen molar-refractivity contribution in [3.05, 3.63) is 35.9 Å². The molecule has 1 aromatic carbocycles. The molecule has 0 aliphatic carbocycles. The van der Waals surface area contributed by atoms with E-state index in [0.29, 0.717) is 6.04 Å². The maximum absolute atomic E-state index is 8.97. The number of hydrogen-bond acceptors (Lipinski definition) is 1. The van der Waals surface area contributed by atoms with Crippen LogP contribution in [0.25, 0.3) is 0 Å². The van der Waals surface area contributed by atoms with Gasteiger partial charge in [-0.2, -0.15) is 0 Å².